The van der Waals surface area contributed by atoms with Gasteiger partial charge in [-0.25, -0.2) is 0 Å². The molecule has 0 amide bonds. The second kappa shape index (κ2) is 7.80. The van der Waals surface area contributed by atoms with E-state index in [1.165, 1.54) is 51.4 Å². The maximum atomic E-state index is 3.13. The van der Waals surface area contributed by atoms with Crippen molar-refractivity contribution in [2.24, 2.45) is 0 Å². The van der Waals surface area contributed by atoms with Crippen LogP contribution in [0.3, 0.4) is 0 Å². The Labute approximate surface area is 87.1 Å². The van der Waals surface area contributed by atoms with Crippen molar-refractivity contribution in [3.05, 3.63) is 0 Å². The Balaban J connectivity index is 3.76. The van der Waals surface area contributed by atoms with Crippen molar-refractivity contribution in [1.29, 1.82) is 0 Å². The first-order valence-corrected chi connectivity index (χ1v) is 6.55. The fourth-order valence-electron chi connectivity index (χ4n) is 2.10. The Morgan fingerprint density at radius 2 is 1.31 bits per heavy atom. The van der Waals surface area contributed by atoms with E-state index in [4.69, 9.17) is 0 Å². The van der Waals surface area contributed by atoms with Gasteiger partial charge in [-0.2, -0.15) is 0 Å². The summed E-state index contributed by atoms with van der Waals surface area (Å²) in [5, 5.41) is 0.568. The topological polar surface area (TPSA) is 0 Å². The molecule has 0 saturated carbocycles. The smallest absolute Gasteiger partial charge is 0.0150 e. The normalized spacial score (nSPS) is 12.0. The van der Waals surface area contributed by atoms with Crippen molar-refractivity contribution < 1.29 is 0 Å². The van der Waals surface area contributed by atoms with Crippen LogP contribution in [-0.4, -0.2) is 5.16 Å². The Bertz CT molecular complexity index is 104. The van der Waals surface area contributed by atoms with E-state index in [2.05, 4.69) is 30.0 Å². The lowest BCUT2D eigenvalue weighted by Gasteiger charge is -2.28. The van der Waals surface area contributed by atoms with Crippen molar-refractivity contribution in [2.45, 2.75) is 77.3 Å². The average Bonchev–Trinajstić information content (AvgIpc) is 2.05. The quantitative estimate of drug-likeness (QED) is 0.392. The molecular formula is C12H27P. The molecular weight excluding hydrogens is 175 g/mol. The minimum absolute atomic E-state index is 0.568. The van der Waals surface area contributed by atoms with Crippen molar-refractivity contribution >= 4 is 9.24 Å². The second-order valence-corrected chi connectivity index (χ2v) is 5.54. The minimum atomic E-state index is 0.568. The minimum Gasteiger partial charge on any atom is -0.131 e. The first-order chi connectivity index (χ1) is 6.18. The second-order valence-electron chi connectivity index (χ2n) is 4.32. The highest BCUT2D eigenvalue weighted by molar-refractivity contribution is 7.18. The Hall–Kier alpha value is 0.430. The van der Waals surface area contributed by atoms with Gasteiger partial charge < -0.3 is 0 Å². The summed E-state index contributed by atoms with van der Waals surface area (Å²) in [5.41, 5.74) is 0. The fraction of sp³-hybridized carbons (Fsp3) is 1.00. The molecule has 0 aliphatic heterocycles. The molecule has 0 radical (unpaired) electrons. The lowest BCUT2D eigenvalue weighted by atomic mass is 9.91. The third-order valence-corrected chi connectivity index (χ3v) is 3.64. The summed E-state index contributed by atoms with van der Waals surface area (Å²) in [7, 11) is 3.13. The molecule has 0 spiro atoms. The fourth-order valence-corrected chi connectivity index (χ4v) is 2.88. The van der Waals surface area contributed by atoms with Crippen LogP contribution in [0, 0.1) is 0 Å². The lowest BCUT2D eigenvalue weighted by Crippen LogP contribution is -2.19. The van der Waals surface area contributed by atoms with Crippen LogP contribution < -0.4 is 0 Å². The predicted molar refractivity (Wildman–Crippen MR) is 66.4 cm³/mol. The molecule has 80 valence electrons. The summed E-state index contributed by atoms with van der Waals surface area (Å²) in [5.74, 6) is 0. The van der Waals surface area contributed by atoms with E-state index in [-0.39, 0.29) is 0 Å². The maximum Gasteiger partial charge on any atom is -0.0150 e. The first kappa shape index (κ1) is 13.4. The molecule has 1 heteroatoms. The number of hydrogen-bond acceptors (Lipinski definition) is 0. The van der Waals surface area contributed by atoms with E-state index >= 15 is 0 Å². The summed E-state index contributed by atoms with van der Waals surface area (Å²) in [4.78, 5) is 0. The van der Waals surface area contributed by atoms with Crippen LogP contribution in [-0.2, 0) is 0 Å². The highest BCUT2D eigenvalue weighted by Gasteiger charge is 2.21. The number of unbranched alkanes of at least 4 members (excludes halogenated alkanes) is 2. The van der Waals surface area contributed by atoms with Crippen LogP contribution in [0.25, 0.3) is 0 Å². The summed E-state index contributed by atoms with van der Waals surface area (Å²) in [6, 6.07) is 0. The molecule has 1 unspecified atom stereocenters. The summed E-state index contributed by atoms with van der Waals surface area (Å²) in [6.07, 6.45) is 11.0. The molecule has 0 fully saturated rings. The third-order valence-electron chi connectivity index (χ3n) is 2.77. The van der Waals surface area contributed by atoms with Gasteiger partial charge in [0.2, 0.25) is 0 Å². The Morgan fingerprint density at radius 1 is 0.769 bits per heavy atom. The van der Waals surface area contributed by atoms with E-state index in [1.807, 2.05) is 0 Å². The van der Waals surface area contributed by atoms with Crippen LogP contribution in [0.5, 0.6) is 0 Å². The number of rotatable bonds is 8. The highest BCUT2D eigenvalue weighted by atomic mass is 31.0. The molecule has 0 aromatic rings. The van der Waals surface area contributed by atoms with E-state index in [9.17, 15) is 0 Å². The Morgan fingerprint density at radius 3 is 1.69 bits per heavy atom. The maximum absolute atomic E-state index is 3.13. The molecule has 0 rings (SSSR count). The summed E-state index contributed by atoms with van der Waals surface area (Å²) in [6.45, 7) is 6.88. The third kappa shape index (κ3) is 6.49. The van der Waals surface area contributed by atoms with E-state index in [1.54, 1.807) is 0 Å². The highest BCUT2D eigenvalue weighted by Crippen LogP contribution is 2.35. The monoisotopic (exact) mass is 202 g/mol. The summed E-state index contributed by atoms with van der Waals surface area (Å²) >= 11 is 0. The lowest BCUT2D eigenvalue weighted by molar-refractivity contribution is 0.437. The van der Waals surface area contributed by atoms with E-state index < -0.39 is 0 Å². The van der Waals surface area contributed by atoms with Gasteiger partial charge in [0.25, 0.3) is 0 Å². The average molecular weight is 202 g/mol. The van der Waals surface area contributed by atoms with Crippen LogP contribution in [0.2, 0.25) is 0 Å². The molecule has 1 atom stereocenters. The van der Waals surface area contributed by atoms with Crippen molar-refractivity contribution in [1.82, 2.24) is 0 Å². The van der Waals surface area contributed by atoms with Crippen LogP contribution >= 0.6 is 9.24 Å². The molecule has 0 aliphatic rings. The standard InChI is InChI=1S/C12H27P/c1-4-7-8-11-12(13,9-5-2)10-6-3/h4-11,13H2,1-3H3. The molecule has 13 heavy (non-hydrogen) atoms. The molecule has 0 aromatic carbocycles. The number of hydrogen-bond donors (Lipinski definition) is 0. The van der Waals surface area contributed by atoms with Gasteiger partial charge in [0.15, 0.2) is 0 Å². The van der Waals surface area contributed by atoms with Crippen LogP contribution in [0.1, 0.15) is 72.1 Å². The van der Waals surface area contributed by atoms with Crippen molar-refractivity contribution in [2.75, 3.05) is 0 Å². The SMILES string of the molecule is CCCCCC(P)(CCC)CCC. The zero-order chi connectivity index (χ0) is 10.2. The molecule has 0 aromatic heterocycles. The molecule has 0 nitrogen and oxygen atoms in total. The van der Waals surface area contributed by atoms with E-state index in [0.29, 0.717) is 5.16 Å². The zero-order valence-corrected chi connectivity index (χ0v) is 10.9. The van der Waals surface area contributed by atoms with Gasteiger partial charge >= 0.3 is 0 Å². The van der Waals surface area contributed by atoms with Gasteiger partial charge in [0, 0.05) is 0 Å². The van der Waals surface area contributed by atoms with E-state index in [0.717, 1.165) is 0 Å². The molecule has 0 N–H and O–H groups in total. The van der Waals surface area contributed by atoms with Crippen molar-refractivity contribution in [3.63, 3.8) is 0 Å². The van der Waals surface area contributed by atoms with Gasteiger partial charge in [-0.05, 0) is 24.4 Å². The molecule has 0 saturated heterocycles. The van der Waals surface area contributed by atoms with Gasteiger partial charge in [0.1, 0.15) is 0 Å². The van der Waals surface area contributed by atoms with Crippen LogP contribution in [0.4, 0.5) is 0 Å². The largest absolute Gasteiger partial charge is 0.131 e. The van der Waals surface area contributed by atoms with Crippen molar-refractivity contribution in [3.8, 4) is 0 Å². The predicted octanol–water partition coefficient (Wildman–Crippen LogP) is 4.78. The van der Waals surface area contributed by atoms with Crippen LogP contribution in [0.15, 0.2) is 0 Å². The van der Waals surface area contributed by atoms with Gasteiger partial charge in [-0.3, -0.25) is 0 Å². The Kier molecular flexibility index (Phi) is 8.06. The van der Waals surface area contributed by atoms with Gasteiger partial charge in [-0.1, -0.05) is 52.9 Å². The molecule has 0 bridgehead atoms. The zero-order valence-electron chi connectivity index (χ0n) is 9.73. The van der Waals surface area contributed by atoms with Gasteiger partial charge in [-0.15, -0.1) is 9.24 Å². The molecule has 0 heterocycles. The first-order valence-electron chi connectivity index (χ1n) is 5.97. The molecule has 0 aliphatic carbocycles. The van der Waals surface area contributed by atoms with Gasteiger partial charge in [0.05, 0.1) is 0 Å². The summed E-state index contributed by atoms with van der Waals surface area (Å²) < 4.78 is 0.